The topological polar surface area (TPSA) is 90.4 Å². The Morgan fingerprint density at radius 2 is 1.79 bits per heavy atom. The van der Waals surface area contributed by atoms with Crippen molar-refractivity contribution in [2.24, 2.45) is 0 Å². The van der Waals surface area contributed by atoms with Crippen molar-refractivity contribution in [3.63, 3.8) is 0 Å². The van der Waals surface area contributed by atoms with Gasteiger partial charge in [0.2, 0.25) is 5.75 Å². The molecule has 0 spiro atoms. The fourth-order valence-corrected chi connectivity index (χ4v) is 3.67. The summed E-state index contributed by atoms with van der Waals surface area (Å²) in [6.07, 6.45) is -0.117. The van der Waals surface area contributed by atoms with Crippen LogP contribution in [0, 0.1) is 0 Å². The summed E-state index contributed by atoms with van der Waals surface area (Å²) in [6.45, 7) is 8.89. The monoisotopic (exact) mass is 474 g/mol. The molecule has 1 aliphatic rings. The van der Waals surface area contributed by atoms with E-state index in [2.05, 4.69) is 31.4 Å². The lowest BCUT2D eigenvalue weighted by Gasteiger charge is -2.29. The maximum atomic E-state index is 10.4. The quantitative estimate of drug-likeness (QED) is 0.405. The minimum atomic E-state index is -0.504. The molecule has 188 valence electrons. The summed E-state index contributed by atoms with van der Waals surface area (Å²) in [7, 11) is 3.21. The third kappa shape index (κ3) is 7.41. The van der Waals surface area contributed by atoms with Crippen LogP contribution >= 0.6 is 0 Å². The van der Waals surface area contributed by atoms with Gasteiger partial charge in [0, 0.05) is 37.2 Å². The van der Waals surface area contributed by atoms with Gasteiger partial charge in [0.25, 0.3) is 0 Å². The van der Waals surface area contributed by atoms with Crippen LogP contribution in [0.25, 0.3) is 0 Å². The first-order valence-electron chi connectivity index (χ1n) is 11.7. The van der Waals surface area contributed by atoms with E-state index in [9.17, 15) is 5.11 Å². The zero-order chi connectivity index (χ0) is 24.6. The molecule has 2 atom stereocenters. The zero-order valence-electron chi connectivity index (χ0n) is 20.8. The lowest BCUT2D eigenvalue weighted by molar-refractivity contribution is 0.0872. The number of hydrogen-bond donors (Lipinski definition) is 3. The molecule has 0 saturated heterocycles. The molecule has 1 heterocycles. The molecule has 0 fully saturated rings. The van der Waals surface area contributed by atoms with Crippen molar-refractivity contribution in [1.82, 2.24) is 10.6 Å². The number of aliphatic hydroxyl groups is 1. The molecule has 2 aromatic rings. The minimum absolute atomic E-state index is 0.0405. The van der Waals surface area contributed by atoms with Crippen molar-refractivity contribution in [2.75, 3.05) is 47.1 Å². The van der Waals surface area contributed by atoms with Gasteiger partial charge in [-0.15, -0.1) is 0 Å². The van der Waals surface area contributed by atoms with Gasteiger partial charge in [-0.3, -0.25) is 0 Å². The second-order valence-corrected chi connectivity index (χ2v) is 9.33. The van der Waals surface area contributed by atoms with Crippen molar-refractivity contribution in [3.05, 3.63) is 42.0 Å². The summed E-state index contributed by atoms with van der Waals surface area (Å²) in [6, 6.07) is 11.3. The average Bonchev–Trinajstić information content (AvgIpc) is 2.82. The molecule has 0 amide bonds. The zero-order valence-corrected chi connectivity index (χ0v) is 20.8. The number of β-amino-alcohol motifs (C(OH)–C–C–N with tert-alkyl or cyclic N) is 1. The third-order valence-corrected chi connectivity index (χ3v) is 5.37. The number of aliphatic hydroxyl groups excluding tert-OH is 1. The molecule has 34 heavy (non-hydrogen) atoms. The predicted octanol–water partition coefficient (Wildman–Crippen LogP) is 2.80. The van der Waals surface area contributed by atoms with E-state index in [1.165, 1.54) is 0 Å². The van der Waals surface area contributed by atoms with E-state index in [1.54, 1.807) is 14.2 Å². The van der Waals surface area contributed by atoms with Crippen LogP contribution in [-0.4, -0.2) is 69.9 Å². The van der Waals surface area contributed by atoms with Crippen LogP contribution in [0.3, 0.4) is 0 Å². The van der Waals surface area contributed by atoms with Gasteiger partial charge < -0.3 is 39.4 Å². The average molecular weight is 475 g/mol. The highest BCUT2D eigenvalue weighted by Crippen LogP contribution is 2.37. The molecule has 0 aliphatic carbocycles. The fourth-order valence-electron chi connectivity index (χ4n) is 3.67. The molecule has 0 saturated carbocycles. The molecule has 3 N–H and O–H groups in total. The largest absolute Gasteiger partial charge is 0.493 e. The van der Waals surface area contributed by atoms with Crippen LogP contribution in [0.15, 0.2) is 36.4 Å². The number of fused-ring (bicyclic) bond motifs is 1. The Kier molecular flexibility index (Phi) is 9.27. The number of hydrogen-bond acceptors (Lipinski definition) is 8. The first kappa shape index (κ1) is 25.9. The lowest BCUT2D eigenvalue weighted by atomic mass is 10.0. The van der Waals surface area contributed by atoms with E-state index in [0.29, 0.717) is 62.3 Å². The summed E-state index contributed by atoms with van der Waals surface area (Å²) in [5.74, 6) is 3.29. The Morgan fingerprint density at radius 3 is 2.47 bits per heavy atom. The standard InChI is InChI=1S/C26H38N2O6/c1-26(2,3)28-15-19(29)14-18-8-6-11-23-24(18)33-17-20(34-23)16-27-12-13-32-25-21(30-4)9-7-10-22(25)31-5/h6-11,19-20,27-29H,12-17H2,1-5H3. The third-order valence-electron chi connectivity index (χ3n) is 5.37. The van der Waals surface area contributed by atoms with Crippen molar-refractivity contribution >= 4 is 0 Å². The van der Waals surface area contributed by atoms with Gasteiger partial charge in [-0.1, -0.05) is 18.2 Å². The van der Waals surface area contributed by atoms with E-state index < -0.39 is 6.10 Å². The number of rotatable bonds is 12. The highest BCUT2D eigenvalue weighted by Gasteiger charge is 2.24. The predicted molar refractivity (Wildman–Crippen MR) is 132 cm³/mol. The smallest absolute Gasteiger partial charge is 0.203 e. The van der Waals surface area contributed by atoms with Crippen molar-refractivity contribution in [2.45, 2.75) is 44.9 Å². The second kappa shape index (κ2) is 12.1. The highest BCUT2D eigenvalue weighted by atomic mass is 16.6. The van der Waals surface area contributed by atoms with Crippen molar-refractivity contribution < 1.29 is 28.8 Å². The van der Waals surface area contributed by atoms with Gasteiger partial charge in [0.05, 0.1) is 20.3 Å². The Labute approximate surface area is 202 Å². The highest BCUT2D eigenvalue weighted by molar-refractivity contribution is 5.51. The van der Waals surface area contributed by atoms with Crippen LogP contribution in [0.1, 0.15) is 26.3 Å². The van der Waals surface area contributed by atoms with Crippen LogP contribution in [0.2, 0.25) is 0 Å². The number of nitrogens with one attached hydrogen (secondary N) is 2. The van der Waals surface area contributed by atoms with Gasteiger partial charge >= 0.3 is 0 Å². The summed E-state index contributed by atoms with van der Waals surface area (Å²) in [5.41, 5.74) is 0.910. The Balaban J connectivity index is 1.45. The van der Waals surface area contributed by atoms with E-state index in [4.69, 9.17) is 23.7 Å². The molecule has 0 radical (unpaired) electrons. The molecule has 0 bridgehead atoms. The first-order valence-corrected chi connectivity index (χ1v) is 11.7. The van der Waals surface area contributed by atoms with Crippen LogP contribution in [-0.2, 0) is 6.42 Å². The van der Waals surface area contributed by atoms with Gasteiger partial charge in [0.15, 0.2) is 23.0 Å². The number of methoxy groups -OCH3 is 2. The van der Waals surface area contributed by atoms with E-state index >= 15 is 0 Å². The lowest BCUT2D eigenvalue weighted by Crippen LogP contribution is -2.41. The van der Waals surface area contributed by atoms with Crippen molar-refractivity contribution in [1.29, 1.82) is 0 Å². The van der Waals surface area contributed by atoms with Crippen LogP contribution in [0.5, 0.6) is 28.7 Å². The van der Waals surface area contributed by atoms with E-state index in [0.717, 1.165) is 11.3 Å². The van der Waals surface area contributed by atoms with Gasteiger partial charge in [0.1, 0.15) is 19.3 Å². The fraction of sp³-hybridized carbons (Fsp3) is 0.538. The molecular weight excluding hydrogens is 436 g/mol. The van der Waals surface area contributed by atoms with Crippen molar-refractivity contribution in [3.8, 4) is 28.7 Å². The molecule has 2 aromatic carbocycles. The Bertz CT molecular complexity index is 892. The van der Waals surface area contributed by atoms with E-state index in [-0.39, 0.29) is 11.6 Å². The van der Waals surface area contributed by atoms with Crippen LogP contribution in [0.4, 0.5) is 0 Å². The summed E-state index contributed by atoms with van der Waals surface area (Å²) >= 11 is 0. The van der Waals surface area contributed by atoms with Gasteiger partial charge in [-0.25, -0.2) is 0 Å². The summed E-state index contributed by atoms with van der Waals surface area (Å²) in [4.78, 5) is 0. The van der Waals surface area contributed by atoms with Crippen LogP contribution < -0.4 is 34.3 Å². The molecule has 3 rings (SSSR count). The normalized spacial score (nSPS) is 16.1. The number of ether oxygens (including phenoxy) is 5. The maximum absolute atomic E-state index is 10.4. The van der Waals surface area contributed by atoms with Gasteiger partial charge in [-0.2, -0.15) is 0 Å². The molecule has 1 aliphatic heterocycles. The molecule has 2 unspecified atom stereocenters. The van der Waals surface area contributed by atoms with Gasteiger partial charge in [-0.05, 0) is 39.0 Å². The summed E-state index contributed by atoms with van der Waals surface area (Å²) < 4.78 is 28.8. The summed E-state index contributed by atoms with van der Waals surface area (Å²) in [5, 5.41) is 17.1. The Hall–Kier alpha value is -2.68. The SMILES string of the molecule is COc1cccc(OC)c1OCCNCC1COc2c(CC(O)CNC(C)(C)C)cccc2O1. The minimum Gasteiger partial charge on any atom is -0.493 e. The molecule has 0 aromatic heterocycles. The molecular formula is C26H38N2O6. The molecule has 8 heteroatoms. The second-order valence-electron chi connectivity index (χ2n) is 9.33. The van der Waals surface area contributed by atoms with E-state index in [1.807, 2.05) is 36.4 Å². The number of para-hydroxylation sites is 2. The Morgan fingerprint density at radius 1 is 1.09 bits per heavy atom. The number of benzene rings is 2. The first-order chi connectivity index (χ1) is 16.3. The molecule has 8 nitrogen and oxygen atoms in total. The maximum Gasteiger partial charge on any atom is 0.203 e.